The summed E-state index contributed by atoms with van der Waals surface area (Å²) in [5.74, 6) is 0. The van der Waals surface area contributed by atoms with Gasteiger partial charge in [-0.1, -0.05) is 0 Å². The average molecular weight is 220 g/mol. The lowest BCUT2D eigenvalue weighted by Gasteiger charge is -2.09. The van der Waals surface area contributed by atoms with Gasteiger partial charge in [0.05, 0.1) is 4.88 Å². The Morgan fingerprint density at radius 2 is 2.31 bits per heavy atom. The Morgan fingerprint density at radius 3 is 2.62 bits per heavy atom. The van der Waals surface area contributed by atoms with E-state index in [0.29, 0.717) is 0 Å². The maximum Gasteiger partial charge on any atom is 0.307 e. The molecule has 13 heavy (non-hydrogen) atoms. The minimum absolute atomic E-state index is 0.246. The fourth-order valence-corrected chi connectivity index (χ4v) is 2.50. The van der Waals surface area contributed by atoms with Crippen LogP contribution in [0.2, 0.25) is 0 Å². The molecule has 1 aromatic rings. The molecule has 0 saturated carbocycles. The summed E-state index contributed by atoms with van der Waals surface area (Å²) in [5.41, 5.74) is 0.831. The molecule has 2 atom stereocenters. The van der Waals surface area contributed by atoms with E-state index < -0.39 is 21.4 Å². The van der Waals surface area contributed by atoms with Crippen LogP contribution in [0.1, 0.15) is 15.8 Å². The molecule has 0 aliphatic heterocycles. The van der Waals surface area contributed by atoms with Gasteiger partial charge in [-0.2, -0.15) is 0 Å². The summed E-state index contributed by atoms with van der Waals surface area (Å²) >= 11 is -1.63. The number of rotatable bonds is 3. The molecule has 1 aromatic heterocycles. The van der Waals surface area contributed by atoms with Crippen molar-refractivity contribution in [3.8, 4) is 0 Å². The third kappa shape index (κ3) is 2.33. The zero-order valence-corrected chi connectivity index (χ0v) is 8.26. The molecule has 0 spiro atoms. The van der Waals surface area contributed by atoms with E-state index in [4.69, 9.17) is 0 Å². The van der Waals surface area contributed by atoms with Gasteiger partial charge in [-0.25, -0.2) is 0 Å². The largest absolute Gasteiger partial charge is 0.767 e. The Bertz CT molecular complexity index is 334. The fourth-order valence-electron chi connectivity index (χ4n) is 0.852. The van der Waals surface area contributed by atoms with Crippen LogP contribution in [0, 0.1) is 17.0 Å². The SMILES string of the molecule is Cc1csc(C([N+](=O)[O-])S(=O)[O-])c1. The van der Waals surface area contributed by atoms with Gasteiger partial charge in [0, 0.05) is 16.0 Å². The first-order valence-electron chi connectivity index (χ1n) is 3.29. The van der Waals surface area contributed by atoms with E-state index in [9.17, 15) is 18.9 Å². The van der Waals surface area contributed by atoms with Crippen molar-refractivity contribution < 1.29 is 13.7 Å². The van der Waals surface area contributed by atoms with Crippen LogP contribution in [0.3, 0.4) is 0 Å². The second-order valence-electron chi connectivity index (χ2n) is 2.42. The van der Waals surface area contributed by atoms with E-state index in [0.717, 1.165) is 16.9 Å². The highest BCUT2D eigenvalue weighted by Gasteiger charge is 2.25. The highest BCUT2D eigenvalue weighted by molar-refractivity contribution is 7.79. The molecule has 0 aliphatic carbocycles. The van der Waals surface area contributed by atoms with Crippen molar-refractivity contribution >= 4 is 22.4 Å². The summed E-state index contributed by atoms with van der Waals surface area (Å²) in [4.78, 5) is 9.80. The molecule has 2 unspecified atom stereocenters. The second kappa shape index (κ2) is 3.95. The molecule has 0 aliphatic rings. The van der Waals surface area contributed by atoms with Crippen LogP contribution in [-0.4, -0.2) is 13.7 Å². The van der Waals surface area contributed by atoms with E-state index in [-0.39, 0.29) is 4.88 Å². The predicted octanol–water partition coefficient (Wildman–Crippen LogP) is 1.21. The monoisotopic (exact) mass is 220 g/mol. The zero-order chi connectivity index (χ0) is 10.0. The first-order valence-corrected chi connectivity index (χ1v) is 5.30. The van der Waals surface area contributed by atoms with Crippen LogP contribution >= 0.6 is 11.3 Å². The molecule has 0 bridgehead atoms. The number of nitro groups is 1. The van der Waals surface area contributed by atoms with E-state index in [1.807, 2.05) is 0 Å². The number of aryl methyl sites for hydroxylation is 1. The quantitative estimate of drug-likeness (QED) is 0.435. The molecular formula is C6H6NO4S2-. The fraction of sp³-hybridized carbons (Fsp3) is 0.333. The standard InChI is InChI=1S/C6H7NO4S2/c1-4-2-5(12-3-4)6(7(8)9)13(10)11/h2-3,6H,1H3,(H,10,11)/p-1. The Labute approximate surface area is 80.8 Å². The third-order valence-corrected chi connectivity index (χ3v) is 3.41. The van der Waals surface area contributed by atoms with Crippen LogP contribution in [0.25, 0.3) is 0 Å². The summed E-state index contributed by atoms with van der Waals surface area (Å²) < 4.78 is 21.0. The topological polar surface area (TPSA) is 83.3 Å². The number of hydrogen-bond acceptors (Lipinski definition) is 5. The van der Waals surface area contributed by atoms with E-state index in [1.54, 1.807) is 12.3 Å². The van der Waals surface area contributed by atoms with Crippen molar-refractivity contribution in [2.45, 2.75) is 12.3 Å². The van der Waals surface area contributed by atoms with Gasteiger partial charge in [0.25, 0.3) is 0 Å². The molecule has 0 fully saturated rings. The number of hydrogen-bond donors (Lipinski definition) is 0. The van der Waals surface area contributed by atoms with Gasteiger partial charge in [0.2, 0.25) is 0 Å². The molecule has 0 amide bonds. The van der Waals surface area contributed by atoms with E-state index >= 15 is 0 Å². The van der Waals surface area contributed by atoms with Crippen LogP contribution in [0.4, 0.5) is 0 Å². The first-order chi connectivity index (χ1) is 6.02. The summed E-state index contributed by atoms with van der Waals surface area (Å²) in [5, 5.41) is 10.4. The lowest BCUT2D eigenvalue weighted by atomic mass is 10.3. The lowest BCUT2D eigenvalue weighted by molar-refractivity contribution is -0.502. The third-order valence-electron chi connectivity index (χ3n) is 1.37. The molecule has 5 nitrogen and oxygen atoms in total. The van der Waals surface area contributed by atoms with Gasteiger partial charge < -0.3 is 4.55 Å². The average Bonchev–Trinajstić information content (AvgIpc) is 2.34. The second-order valence-corrected chi connectivity index (χ2v) is 4.33. The summed E-state index contributed by atoms with van der Waals surface area (Å²) in [6, 6.07) is 1.51. The summed E-state index contributed by atoms with van der Waals surface area (Å²) in [6.45, 7) is 1.75. The van der Waals surface area contributed by atoms with Crippen molar-refractivity contribution in [3.63, 3.8) is 0 Å². The molecule has 7 heteroatoms. The summed E-state index contributed by atoms with van der Waals surface area (Å²) in [7, 11) is 0. The Morgan fingerprint density at radius 1 is 1.69 bits per heavy atom. The van der Waals surface area contributed by atoms with Gasteiger partial charge in [-0.3, -0.25) is 14.3 Å². The zero-order valence-electron chi connectivity index (χ0n) is 6.63. The molecule has 0 radical (unpaired) electrons. The minimum Gasteiger partial charge on any atom is -0.767 e. The molecule has 1 heterocycles. The number of thiophene rings is 1. The smallest absolute Gasteiger partial charge is 0.307 e. The Balaban J connectivity index is 3.02. The van der Waals surface area contributed by atoms with Crippen LogP contribution in [-0.2, 0) is 11.1 Å². The van der Waals surface area contributed by atoms with Crippen LogP contribution in [0.15, 0.2) is 11.4 Å². The van der Waals surface area contributed by atoms with E-state index in [2.05, 4.69) is 0 Å². The van der Waals surface area contributed by atoms with Gasteiger partial charge in [0.15, 0.2) is 0 Å². The molecule has 1 rings (SSSR count). The van der Waals surface area contributed by atoms with Crippen molar-refractivity contribution in [1.82, 2.24) is 0 Å². The maximum atomic E-state index is 10.5. The van der Waals surface area contributed by atoms with Crippen LogP contribution < -0.4 is 0 Å². The molecule has 0 saturated heterocycles. The minimum atomic E-state index is -2.71. The van der Waals surface area contributed by atoms with E-state index in [1.165, 1.54) is 6.07 Å². The van der Waals surface area contributed by atoms with Gasteiger partial charge in [-0.15, -0.1) is 11.3 Å². The lowest BCUT2D eigenvalue weighted by Crippen LogP contribution is -2.14. The predicted molar refractivity (Wildman–Crippen MR) is 47.7 cm³/mol. The Kier molecular flexibility index (Phi) is 3.12. The molecule has 72 valence electrons. The maximum absolute atomic E-state index is 10.5. The molecule has 0 N–H and O–H groups in total. The number of nitrogens with zero attached hydrogens (tertiary/aromatic N) is 1. The van der Waals surface area contributed by atoms with Crippen molar-refractivity contribution in [3.05, 3.63) is 32.0 Å². The highest BCUT2D eigenvalue weighted by atomic mass is 32.2. The normalized spacial score (nSPS) is 15.2. The molecule has 0 aromatic carbocycles. The van der Waals surface area contributed by atoms with Crippen molar-refractivity contribution in [1.29, 1.82) is 0 Å². The van der Waals surface area contributed by atoms with Crippen LogP contribution in [0.5, 0.6) is 0 Å². The van der Waals surface area contributed by atoms with Crippen molar-refractivity contribution in [2.75, 3.05) is 0 Å². The van der Waals surface area contributed by atoms with Gasteiger partial charge in [-0.05, 0) is 23.9 Å². The van der Waals surface area contributed by atoms with Gasteiger partial charge in [0.1, 0.15) is 0 Å². The highest BCUT2D eigenvalue weighted by Crippen LogP contribution is 2.25. The van der Waals surface area contributed by atoms with Crippen molar-refractivity contribution in [2.24, 2.45) is 0 Å². The molecular weight excluding hydrogens is 214 g/mol. The Hall–Kier alpha value is -0.790. The summed E-state index contributed by atoms with van der Waals surface area (Å²) in [6.07, 6.45) is 0. The van der Waals surface area contributed by atoms with Gasteiger partial charge >= 0.3 is 5.37 Å². The first kappa shape index (κ1) is 10.3.